The molecular formula is C21H26N2OS. The number of thiophene rings is 1. The van der Waals surface area contributed by atoms with E-state index in [-0.39, 0.29) is 5.91 Å². The van der Waals surface area contributed by atoms with E-state index in [9.17, 15) is 4.79 Å². The fraction of sp³-hybridized carbons (Fsp3) is 0.571. The Bertz CT molecular complexity index is 828. The Balaban J connectivity index is 1.43. The van der Waals surface area contributed by atoms with Gasteiger partial charge < -0.3 is 5.32 Å². The van der Waals surface area contributed by atoms with Gasteiger partial charge in [-0.1, -0.05) is 32.0 Å². The molecule has 1 aromatic heterocycles. The summed E-state index contributed by atoms with van der Waals surface area (Å²) in [5.74, 6) is 1.30. The number of hydrogen-bond acceptors (Lipinski definition) is 3. The van der Waals surface area contributed by atoms with E-state index in [2.05, 4.69) is 48.3 Å². The lowest BCUT2D eigenvalue weighted by Gasteiger charge is -2.52. The van der Waals surface area contributed by atoms with Crippen molar-refractivity contribution in [3.63, 3.8) is 0 Å². The molecule has 1 saturated carbocycles. The van der Waals surface area contributed by atoms with E-state index >= 15 is 0 Å². The van der Waals surface area contributed by atoms with Gasteiger partial charge in [0.15, 0.2) is 0 Å². The minimum Gasteiger partial charge on any atom is -0.346 e. The van der Waals surface area contributed by atoms with Crippen molar-refractivity contribution in [1.82, 2.24) is 10.2 Å². The summed E-state index contributed by atoms with van der Waals surface area (Å²) in [6.07, 6.45) is 5.02. The first-order chi connectivity index (χ1) is 12.1. The van der Waals surface area contributed by atoms with Crippen molar-refractivity contribution in [3.05, 3.63) is 34.7 Å². The zero-order valence-corrected chi connectivity index (χ0v) is 15.9. The third kappa shape index (κ3) is 2.37. The van der Waals surface area contributed by atoms with Crippen LogP contribution in [-0.2, 0) is 0 Å². The number of fused-ring (bicyclic) bond motifs is 3. The van der Waals surface area contributed by atoms with E-state index in [1.54, 1.807) is 11.3 Å². The second-order valence-electron chi connectivity index (χ2n) is 8.41. The number of benzene rings is 1. The van der Waals surface area contributed by atoms with Gasteiger partial charge >= 0.3 is 0 Å². The van der Waals surface area contributed by atoms with Gasteiger partial charge in [-0.05, 0) is 67.6 Å². The van der Waals surface area contributed by atoms with Crippen LogP contribution in [0.5, 0.6) is 0 Å². The molecule has 1 aromatic carbocycles. The number of rotatable bonds is 3. The van der Waals surface area contributed by atoms with E-state index in [4.69, 9.17) is 0 Å². The molecule has 2 aromatic rings. The van der Waals surface area contributed by atoms with Crippen molar-refractivity contribution >= 4 is 27.3 Å². The Kier molecular flexibility index (Phi) is 3.52. The first-order valence-corrected chi connectivity index (χ1v) is 10.5. The number of hydrogen-bond donors (Lipinski definition) is 1. The third-order valence-corrected chi connectivity index (χ3v) is 7.89. The van der Waals surface area contributed by atoms with E-state index in [0.717, 1.165) is 4.88 Å². The summed E-state index contributed by atoms with van der Waals surface area (Å²) >= 11 is 1.66. The molecule has 4 heterocycles. The Hall–Kier alpha value is -1.39. The number of carbonyl (C=O) groups is 1. The van der Waals surface area contributed by atoms with Gasteiger partial charge in [0.1, 0.15) is 0 Å². The summed E-state index contributed by atoms with van der Waals surface area (Å²) in [4.78, 5) is 16.6. The van der Waals surface area contributed by atoms with Gasteiger partial charge in [0.05, 0.1) is 10.9 Å². The van der Waals surface area contributed by atoms with Crippen LogP contribution in [0.2, 0.25) is 0 Å². The molecular weight excluding hydrogens is 328 g/mol. The highest BCUT2D eigenvalue weighted by Crippen LogP contribution is 2.53. The lowest BCUT2D eigenvalue weighted by atomic mass is 9.77. The standard InChI is InChI=1S/C21H26N2OS/c1-13(2)16-5-3-4-15-12-17(25-18(15)16)20(24)22-19-14-6-10-23(11-7-14)21(19)8-9-21/h3-5,12-14,19H,6-11H2,1-2H3,(H,22,24). The Morgan fingerprint density at radius 2 is 2.04 bits per heavy atom. The van der Waals surface area contributed by atoms with Crippen LogP contribution in [0.15, 0.2) is 24.3 Å². The lowest BCUT2D eigenvalue weighted by Crippen LogP contribution is -2.65. The maximum atomic E-state index is 13.0. The molecule has 4 heteroatoms. The Morgan fingerprint density at radius 1 is 1.28 bits per heavy atom. The fourth-order valence-electron chi connectivity index (χ4n) is 5.19. The Labute approximate surface area is 153 Å². The monoisotopic (exact) mass is 354 g/mol. The van der Waals surface area contributed by atoms with Crippen LogP contribution in [0.1, 0.15) is 60.7 Å². The number of amides is 1. The predicted octanol–water partition coefficient (Wildman–Crippen LogP) is 4.38. The molecule has 2 bridgehead atoms. The zero-order valence-electron chi connectivity index (χ0n) is 15.0. The van der Waals surface area contributed by atoms with Crippen LogP contribution in [0.25, 0.3) is 10.1 Å². The van der Waals surface area contributed by atoms with Crippen LogP contribution in [-0.4, -0.2) is 35.5 Å². The van der Waals surface area contributed by atoms with Gasteiger partial charge in [-0.2, -0.15) is 0 Å². The van der Waals surface area contributed by atoms with Crippen LogP contribution in [0, 0.1) is 5.92 Å². The molecule has 1 atom stereocenters. The highest BCUT2D eigenvalue weighted by Gasteiger charge is 2.60. The van der Waals surface area contributed by atoms with Crippen LogP contribution >= 0.6 is 11.3 Å². The summed E-state index contributed by atoms with van der Waals surface area (Å²) in [6, 6.07) is 8.88. The predicted molar refractivity (Wildman–Crippen MR) is 103 cm³/mol. The Morgan fingerprint density at radius 3 is 2.72 bits per heavy atom. The molecule has 25 heavy (non-hydrogen) atoms. The molecule has 4 aliphatic rings. The van der Waals surface area contributed by atoms with Gasteiger partial charge in [-0.3, -0.25) is 9.69 Å². The molecule has 1 aliphatic carbocycles. The summed E-state index contributed by atoms with van der Waals surface area (Å²) in [5.41, 5.74) is 1.65. The summed E-state index contributed by atoms with van der Waals surface area (Å²) in [6.45, 7) is 6.91. The molecule has 1 unspecified atom stereocenters. The second-order valence-corrected chi connectivity index (χ2v) is 9.46. The molecule has 1 N–H and O–H groups in total. The van der Waals surface area contributed by atoms with Gasteiger partial charge in [-0.15, -0.1) is 11.3 Å². The van der Waals surface area contributed by atoms with E-state index in [0.29, 0.717) is 23.4 Å². The molecule has 3 saturated heterocycles. The van der Waals surface area contributed by atoms with Crippen LogP contribution in [0.3, 0.4) is 0 Å². The number of nitrogens with one attached hydrogen (secondary N) is 1. The zero-order chi connectivity index (χ0) is 17.2. The third-order valence-electron chi connectivity index (χ3n) is 6.69. The average molecular weight is 355 g/mol. The quantitative estimate of drug-likeness (QED) is 0.887. The minimum atomic E-state index is 0.140. The van der Waals surface area contributed by atoms with Gasteiger partial charge in [0, 0.05) is 10.2 Å². The van der Waals surface area contributed by atoms with E-state index in [1.807, 2.05) is 0 Å². The van der Waals surface area contributed by atoms with Crippen LogP contribution in [0.4, 0.5) is 0 Å². The SMILES string of the molecule is CC(C)c1cccc2cc(C(=O)NC3C4CCN(CC4)C34CC4)sc12. The minimum absolute atomic E-state index is 0.140. The number of piperidine rings is 3. The maximum absolute atomic E-state index is 13.0. The van der Waals surface area contributed by atoms with Crippen molar-refractivity contribution < 1.29 is 4.79 Å². The van der Waals surface area contributed by atoms with Crippen molar-refractivity contribution in [2.45, 2.75) is 57.0 Å². The summed E-state index contributed by atoms with van der Waals surface area (Å²) < 4.78 is 1.28. The van der Waals surface area contributed by atoms with Crippen molar-refractivity contribution in [2.24, 2.45) is 5.92 Å². The average Bonchev–Trinajstić information content (AvgIpc) is 3.26. The molecule has 1 amide bonds. The molecule has 6 rings (SSSR count). The fourth-order valence-corrected chi connectivity index (χ4v) is 6.41. The van der Waals surface area contributed by atoms with Crippen molar-refractivity contribution in [3.8, 4) is 0 Å². The number of carbonyl (C=O) groups excluding carboxylic acids is 1. The first-order valence-electron chi connectivity index (χ1n) is 9.67. The topological polar surface area (TPSA) is 32.3 Å². The molecule has 1 spiro atoms. The second kappa shape index (κ2) is 5.55. The smallest absolute Gasteiger partial charge is 0.261 e. The van der Waals surface area contributed by atoms with Crippen molar-refractivity contribution in [2.75, 3.05) is 13.1 Å². The van der Waals surface area contributed by atoms with Gasteiger partial charge in [0.25, 0.3) is 5.91 Å². The van der Waals surface area contributed by atoms with E-state index < -0.39 is 0 Å². The first kappa shape index (κ1) is 15.8. The molecule has 3 aliphatic heterocycles. The molecule has 3 nitrogen and oxygen atoms in total. The number of nitrogens with zero attached hydrogens (tertiary/aromatic N) is 1. The maximum Gasteiger partial charge on any atom is 0.261 e. The van der Waals surface area contributed by atoms with Crippen molar-refractivity contribution in [1.29, 1.82) is 0 Å². The normalized spacial score (nSPS) is 29.5. The highest BCUT2D eigenvalue weighted by atomic mass is 32.1. The van der Waals surface area contributed by atoms with Gasteiger partial charge in [-0.25, -0.2) is 0 Å². The molecule has 132 valence electrons. The van der Waals surface area contributed by atoms with E-state index in [1.165, 1.54) is 54.4 Å². The van der Waals surface area contributed by atoms with Crippen LogP contribution < -0.4 is 5.32 Å². The highest BCUT2D eigenvalue weighted by molar-refractivity contribution is 7.21. The summed E-state index contributed by atoms with van der Waals surface area (Å²) in [7, 11) is 0. The molecule has 4 fully saturated rings. The van der Waals surface area contributed by atoms with Gasteiger partial charge in [0.2, 0.25) is 0 Å². The largest absolute Gasteiger partial charge is 0.346 e. The summed E-state index contributed by atoms with van der Waals surface area (Å²) in [5, 5.41) is 4.66. The molecule has 0 radical (unpaired) electrons. The lowest BCUT2D eigenvalue weighted by molar-refractivity contribution is -0.00138.